The van der Waals surface area contributed by atoms with Crippen molar-refractivity contribution in [3.05, 3.63) is 29.0 Å². The number of halogens is 1. The molecule has 86 valence electrons. The highest BCUT2D eigenvalue weighted by molar-refractivity contribution is 8.38. The fraction of sp³-hybridized carbons (Fsp3) is 0.222. The van der Waals surface area contributed by atoms with E-state index in [9.17, 15) is 0 Å². The number of pyridine rings is 1. The molecule has 1 rings (SSSR count). The van der Waals surface area contributed by atoms with Crippen LogP contribution in [0.2, 0.25) is 5.02 Å². The van der Waals surface area contributed by atoms with E-state index in [1.165, 1.54) is 23.5 Å². The first kappa shape index (κ1) is 13.3. The summed E-state index contributed by atoms with van der Waals surface area (Å²) in [5.74, 6) is 0.253. The summed E-state index contributed by atoms with van der Waals surface area (Å²) < 4.78 is 0.838. The molecule has 16 heavy (non-hydrogen) atoms. The average molecular weight is 275 g/mol. The molecule has 0 bridgehead atoms. The van der Waals surface area contributed by atoms with E-state index in [-0.39, 0.29) is 5.84 Å². The van der Waals surface area contributed by atoms with Gasteiger partial charge in [-0.25, -0.2) is 0 Å². The number of nitrogens with two attached hydrogens (primary N) is 1. The third-order valence-electron chi connectivity index (χ3n) is 1.57. The predicted molar refractivity (Wildman–Crippen MR) is 74.4 cm³/mol. The van der Waals surface area contributed by atoms with E-state index < -0.39 is 0 Å². The highest BCUT2D eigenvalue weighted by Crippen LogP contribution is 2.11. The van der Waals surface area contributed by atoms with E-state index in [0.29, 0.717) is 10.7 Å². The minimum atomic E-state index is 0.253. The zero-order valence-corrected chi connectivity index (χ0v) is 11.2. The Hall–Kier alpha value is -0.720. The quantitative estimate of drug-likeness (QED) is 0.511. The summed E-state index contributed by atoms with van der Waals surface area (Å²) in [7, 11) is 0. The second-order valence-electron chi connectivity index (χ2n) is 2.62. The van der Waals surface area contributed by atoms with Gasteiger partial charge in [0.15, 0.2) is 10.2 Å². The predicted octanol–water partition coefficient (Wildman–Crippen LogP) is 2.44. The van der Waals surface area contributed by atoms with Crippen LogP contribution in [-0.4, -0.2) is 27.7 Å². The SMILES string of the molecule is CSC(=N/N=C(/N)c1cc(Cl)ccn1)SC. The van der Waals surface area contributed by atoms with Crippen LogP contribution in [0.5, 0.6) is 0 Å². The van der Waals surface area contributed by atoms with Crippen molar-refractivity contribution in [2.75, 3.05) is 12.5 Å². The standard InChI is InChI=1S/C9H11ClN4S2/c1-15-9(16-2)14-13-8(11)7-5-6(10)3-4-12-7/h3-5H,1-2H3,(H2,11,13). The molecule has 0 saturated carbocycles. The summed E-state index contributed by atoms with van der Waals surface area (Å²) in [4.78, 5) is 4.05. The van der Waals surface area contributed by atoms with Crippen LogP contribution in [-0.2, 0) is 0 Å². The molecule has 0 saturated heterocycles. The Morgan fingerprint density at radius 2 is 2.06 bits per heavy atom. The van der Waals surface area contributed by atoms with Gasteiger partial charge >= 0.3 is 0 Å². The molecule has 2 N–H and O–H groups in total. The van der Waals surface area contributed by atoms with E-state index in [4.69, 9.17) is 17.3 Å². The summed E-state index contributed by atoms with van der Waals surface area (Å²) in [5.41, 5.74) is 6.25. The van der Waals surface area contributed by atoms with E-state index in [1.807, 2.05) is 12.5 Å². The van der Waals surface area contributed by atoms with Gasteiger partial charge < -0.3 is 5.73 Å². The van der Waals surface area contributed by atoms with Gasteiger partial charge in [0.1, 0.15) is 5.69 Å². The van der Waals surface area contributed by atoms with Crippen LogP contribution in [0.25, 0.3) is 0 Å². The lowest BCUT2D eigenvalue weighted by Crippen LogP contribution is -2.14. The molecule has 0 unspecified atom stereocenters. The fourth-order valence-electron chi connectivity index (χ4n) is 0.856. The Kier molecular flexibility index (Phi) is 5.65. The summed E-state index contributed by atoms with van der Waals surface area (Å²) in [6.45, 7) is 0. The van der Waals surface area contributed by atoms with Gasteiger partial charge in [0, 0.05) is 11.2 Å². The lowest BCUT2D eigenvalue weighted by Gasteiger charge is -1.98. The van der Waals surface area contributed by atoms with Crippen molar-refractivity contribution in [2.24, 2.45) is 15.9 Å². The van der Waals surface area contributed by atoms with E-state index in [0.717, 1.165) is 4.38 Å². The topological polar surface area (TPSA) is 63.6 Å². The minimum Gasteiger partial charge on any atom is -0.380 e. The molecule has 0 aliphatic rings. The smallest absolute Gasteiger partial charge is 0.172 e. The highest BCUT2D eigenvalue weighted by atomic mass is 35.5. The Bertz CT molecular complexity index is 414. The number of nitrogens with zero attached hydrogens (tertiary/aromatic N) is 3. The Labute approximate surface area is 108 Å². The summed E-state index contributed by atoms with van der Waals surface area (Å²) in [5, 5.41) is 8.46. The fourth-order valence-corrected chi connectivity index (χ4v) is 1.93. The number of aromatic nitrogens is 1. The van der Waals surface area contributed by atoms with Crippen LogP contribution in [0.1, 0.15) is 5.69 Å². The van der Waals surface area contributed by atoms with Gasteiger partial charge in [-0.1, -0.05) is 11.6 Å². The van der Waals surface area contributed by atoms with Gasteiger partial charge in [-0.05, 0) is 24.6 Å². The molecule has 0 fully saturated rings. The van der Waals surface area contributed by atoms with Crippen LogP contribution < -0.4 is 5.73 Å². The largest absolute Gasteiger partial charge is 0.380 e. The summed E-state index contributed by atoms with van der Waals surface area (Å²) in [6, 6.07) is 3.32. The molecule has 1 heterocycles. The van der Waals surface area contributed by atoms with Gasteiger partial charge in [-0.15, -0.1) is 33.7 Å². The summed E-state index contributed by atoms with van der Waals surface area (Å²) >= 11 is 8.84. The van der Waals surface area contributed by atoms with Crippen molar-refractivity contribution >= 4 is 45.3 Å². The molecule has 0 aliphatic heterocycles. The third-order valence-corrected chi connectivity index (χ3v) is 3.67. The van der Waals surface area contributed by atoms with Crippen LogP contribution in [0.4, 0.5) is 0 Å². The lowest BCUT2D eigenvalue weighted by atomic mass is 10.3. The molecule has 0 spiro atoms. The van der Waals surface area contributed by atoms with Gasteiger partial charge in [-0.2, -0.15) is 0 Å². The molecule has 0 aromatic carbocycles. The molecule has 0 radical (unpaired) electrons. The monoisotopic (exact) mass is 274 g/mol. The Balaban J connectivity index is 2.89. The molecule has 1 aromatic heterocycles. The second-order valence-corrected chi connectivity index (χ2v) is 4.90. The van der Waals surface area contributed by atoms with Crippen LogP contribution in [0.3, 0.4) is 0 Å². The lowest BCUT2D eigenvalue weighted by molar-refractivity contribution is 1.20. The van der Waals surface area contributed by atoms with Crippen LogP contribution in [0.15, 0.2) is 28.5 Å². The number of rotatable bonds is 2. The molecular formula is C9H11ClN4S2. The Morgan fingerprint density at radius 1 is 1.38 bits per heavy atom. The molecule has 0 amide bonds. The van der Waals surface area contributed by atoms with E-state index in [1.54, 1.807) is 18.3 Å². The molecule has 1 aromatic rings. The van der Waals surface area contributed by atoms with Crippen molar-refractivity contribution in [3.8, 4) is 0 Å². The first-order valence-electron chi connectivity index (χ1n) is 4.28. The molecular weight excluding hydrogens is 264 g/mol. The van der Waals surface area contributed by atoms with Crippen molar-refractivity contribution in [1.29, 1.82) is 0 Å². The normalized spacial score (nSPS) is 11.3. The number of thioether (sulfide) groups is 2. The van der Waals surface area contributed by atoms with Crippen molar-refractivity contribution < 1.29 is 0 Å². The number of hydrogen-bond acceptors (Lipinski definition) is 5. The Morgan fingerprint density at radius 3 is 2.62 bits per heavy atom. The van der Waals surface area contributed by atoms with Gasteiger partial charge in [0.2, 0.25) is 0 Å². The maximum absolute atomic E-state index is 5.81. The molecule has 0 aliphatic carbocycles. The van der Waals surface area contributed by atoms with Gasteiger partial charge in [0.25, 0.3) is 0 Å². The molecule has 4 nitrogen and oxygen atoms in total. The number of hydrogen-bond donors (Lipinski definition) is 1. The van der Waals surface area contributed by atoms with Crippen LogP contribution >= 0.6 is 35.1 Å². The van der Waals surface area contributed by atoms with Crippen LogP contribution in [0, 0.1) is 0 Å². The zero-order valence-electron chi connectivity index (χ0n) is 8.85. The van der Waals surface area contributed by atoms with E-state index >= 15 is 0 Å². The average Bonchev–Trinajstić information content (AvgIpc) is 2.30. The number of amidine groups is 1. The maximum atomic E-state index is 5.81. The maximum Gasteiger partial charge on any atom is 0.172 e. The van der Waals surface area contributed by atoms with Crippen molar-refractivity contribution in [1.82, 2.24) is 4.98 Å². The zero-order chi connectivity index (χ0) is 12.0. The van der Waals surface area contributed by atoms with E-state index in [2.05, 4.69) is 15.2 Å². The second kappa shape index (κ2) is 6.78. The van der Waals surface area contributed by atoms with Gasteiger partial charge in [0.05, 0.1) is 0 Å². The third kappa shape index (κ3) is 4.03. The first-order chi connectivity index (χ1) is 7.67. The molecule has 7 heteroatoms. The van der Waals surface area contributed by atoms with Gasteiger partial charge in [-0.3, -0.25) is 4.98 Å². The van der Waals surface area contributed by atoms with Crippen molar-refractivity contribution in [2.45, 2.75) is 0 Å². The molecule has 0 atom stereocenters. The summed E-state index contributed by atoms with van der Waals surface area (Å²) in [6.07, 6.45) is 5.44. The van der Waals surface area contributed by atoms with Crippen molar-refractivity contribution in [3.63, 3.8) is 0 Å². The minimum absolute atomic E-state index is 0.253. The first-order valence-corrected chi connectivity index (χ1v) is 7.11. The highest BCUT2D eigenvalue weighted by Gasteiger charge is 2.01.